The van der Waals surface area contributed by atoms with Crippen LogP contribution in [-0.4, -0.2) is 25.0 Å². The van der Waals surface area contributed by atoms with E-state index < -0.39 is 0 Å². The van der Waals surface area contributed by atoms with Crippen molar-refractivity contribution in [2.24, 2.45) is 0 Å². The fourth-order valence-electron chi connectivity index (χ4n) is 1.78. The summed E-state index contributed by atoms with van der Waals surface area (Å²) in [5.41, 5.74) is 2.89. The lowest BCUT2D eigenvalue weighted by atomic mass is 10.2. The molecule has 0 aliphatic rings. The molecular weight excluding hydrogens is 254 g/mol. The van der Waals surface area contributed by atoms with Gasteiger partial charge >= 0.3 is 0 Å². The monoisotopic (exact) mass is 271 g/mol. The highest BCUT2D eigenvalue weighted by Crippen LogP contribution is 2.25. The molecule has 104 valence electrons. The molecule has 2 aromatic rings. The normalized spacial score (nSPS) is 9.95. The number of nitrogens with zero attached hydrogens (tertiary/aromatic N) is 1. The largest absolute Gasteiger partial charge is 0.495 e. The van der Waals surface area contributed by atoms with Crippen LogP contribution >= 0.6 is 0 Å². The van der Waals surface area contributed by atoms with Gasteiger partial charge < -0.3 is 15.4 Å². The molecule has 2 rings (SSSR count). The number of anilines is 2. The minimum Gasteiger partial charge on any atom is -0.495 e. The summed E-state index contributed by atoms with van der Waals surface area (Å²) in [6.45, 7) is 1.95. The van der Waals surface area contributed by atoms with Crippen molar-refractivity contribution in [1.29, 1.82) is 0 Å². The highest BCUT2D eigenvalue weighted by Gasteiger charge is 2.11. The van der Waals surface area contributed by atoms with Gasteiger partial charge in [0.2, 0.25) is 0 Å². The molecule has 1 aromatic carbocycles. The number of aryl methyl sites for hydroxylation is 1. The number of benzene rings is 1. The van der Waals surface area contributed by atoms with Crippen LogP contribution in [0.3, 0.4) is 0 Å². The first kappa shape index (κ1) is 13.9. The molecule has 0 saturated carbocycles. The molecule has 2 N–H and O–H groups in total. The number of amides is 1. The van der Waals surface area contributed by atoms with Crippen LogP contribution in [0, 0.1) is 6.92 Å². The third-order valence-corrected chi connectivity index (χ3v) is 2.89. The van der Waals surface area contributed by atoms with Gasteiger partial charge in [-0.05, 0) is 36.8 Å². The fourth-order valence-corrected chi connectivity index (χ4v) is 1.78. The van der Waals surface area contributed by atoms with Crippen LogP contribution in [-0.2, 0) is 0 Å². The summed E-state index contributed by atoms with van der Waals surface area (Å²) in [7, 11) is 3.37. The van der Waals surface area contributed by atoms with Crippen molar-refractivity contribution in [3.63, 3.8) is 0 Å². The number of carbonyl (C=O) groups is 1. The molecule has 1 aromatic heterocycles. The third-order valence-electron chi connectivity index (χ3n) is 2.89. The van der Waals surface area contributed by atoms with Gasteiger partial charge in [0.05, 0.1) is 24.7 Å². The van der Waals surface area contributed by atoms with E-state index in [2.05, 4.69) is 15.6 Å². The first-order valence-electron chi connectivity index (χ1n) is 6.24. The Morgan fingerprint density at radius 1 is 1.25 bits per heavy atom. The lowest BCUT2D eigenvalue weighted by Crippen LogP contribution is -2.14. The maximum atomic E-state index is 12.1. The Morgan fingerprint density at radius 2 is 2.05 bits per heavy atom. The highest BCUT2D eigenvalue weighted by atomic mass is 16.5. The zero-order valence-corrected chi connectivity index (χ0v) is 11.7. The van der Waals surface area contributed by atoms with Crippen molar-refractivity contribution in [1.82, 2.24) is 4.98 Å². The molecule has 1 amide bonds. The summed E-state index contributed by atoms with van der Waals surface area (Å²) in [6, 6.07) is 9.08. The zero-order chi connectivity index (χ0) is 14.5. The van der Waals surface area contributed by atoms with Gasteiger partial charge in [0.15, 0.2) is 0 Å². The molecular formula is C15H17N3O2. The minimum absolute atomic E-state index is 0.267. The van der Waals surface area contributed by atoms with Crippen molar-refractivity contribution < 1.29 is 9.53 Å². The Hall–Kier alpha value is -2.56. The molecule has 0 aliphatic heterocycles. The van der Waals surface area contributed by atoms with Crippen LogP contribution in [0.2, 0.25) is 0 Å². The number of aromatic nitrogens is 1. The SMILES string of the molecule is CNc1ccc(C(=O)Nc2cc(C)ccc2OC)nc1. The van der Waals surface area contributed by atoms with Crippen LogP contribution in [0.5, 0.6) is 5.75 Å². The van der Waals surface area contributed by atoms with Crippen molar-refractivity contribution in [3.05, 3.63) is 47.8 Å². The van der Waals surface area contributed by atoms with Crippen LogP contribution in [0.15, 0.2) is 36.5 Å². The van der Waals surface area contributed by atoms with Crippen LogP contribution in [0.1, 0.15) is 16.1 Å². The predicted molar refractivity (Wildman–Crippen MR) is 79.5 cm³/mol. The number of nitrogens with one attached hydrogen (secondary N) is 2. The predicted octanol–water partition coefficient (Wildman–Crippen LogP) is 2.69. The van der Waals surface area contributed by atoms with E-state index in [9.17, 15) is 4.79 Å². The topological polar surface area (TPSA) is 63.2 Å². The van der Waals surface area contributed by atoms with Gasteiger partial charge in [-0.25, -0.2) is 4.98 Å². The maximum Gasteiger partial charge on any atom is 0.274 e. The van der Waals surface area contributed by atoms with Gasteiger partial charge in [-0.15, -0.1) is 0 Å². The number of carbonyl (C=O) groups excluding carboxylic acids is 1. The zero-order valence-electron chi connectivity index (χ0n) is 11.7. The summed E-state index contributed by atoms with van der Waals surface area (Å²) in [4.78, 5) is 16.3. The Bertz CT molecular complexity index is 609. The van der Waals surface area contributed by atoms with E-state index in [1.165, 1.54) is 0 Å². The molecule has 5 heteroatoms. The second kappa shape index (κ2) is 6.06. The van der Waals surface area contributed by atoms with Gasteiger partial charge in [-0.2, -0.15) is 0 Å². The minimum atomic E-state index is -0.267. The summed E-state index contributed by atoms with van der Waals surface area (Å²) in [5.74, 6) is 0.354. The smallest absolute Gasteiger partial charge is 0.274 e. The molecule has 0 aliphatic carbocycles. The van der Waals surface area contributed by atoms with Gasteiger partial charge in [0.1, 0.15) is 11.4 Å². The summed E-state index contributed by atoms with van der Waals surface area (Å²) >= 11 is 0. The summed E-state index contributed by atoms with van der Waals surface area (Å²) in [5, 5.41) is 5.76. The quantitative estimate of drug-likeness (QED) is 0.897. The number of rotatable bonds is 4. The van der Waals surface area contributed by atoms with E-state index in [1.54, 1.807) is 32.5 Å². The number of hydrogen-bond acceptors (Lipinski definition) is 4. The Labute approximate surface area is 118 Å². The maximum absolute atomic E-state index is 12.1. The van der Waals surface area contributed by atoms with Gasteiger partial charge in [-0.1, -0.05) is 6.07 Å². The summed E-state index contributed by atoms with van der Waals surface area (Å²) < 4.78 is 5.23. The first-order valence-corrected chi connectivity index (χ1v) is 6.24. The number of hydrogen-bond donors (Lipinski definition) is 2. The molecule has 0 bridgehead atoms. The lowest BCUT2D eigenvalue weighted by molar-refractivity contribution is 0.102. The molecule has 1 heterocycles. The Balaban J connectivity index is 2.20. The lowest BCUT2D eigenvalue weighted by Gasteiger charge is -2.11. The number of ether oxygens (including phenoxy) is 1. The summed E-state index contributed by atoms with van der Waals surface area (Å²) in [6.07, 6.45) is 1.61. The van der Waals surface area contributed by atoms with Crippen LogP contribution in [0.25, 0.3) is 0 Å². The molecule has 0 fully saturated rings. The van der Waals surface area contributed by atoms with Gasteiger partial charge in [-0.3, -0.25) is 4.79 Å². The molecule has 0 spiro atoms. The Morgan fingerprint density at radius 3 is 2.65 bits per heavy atom. The van der Waals surface area contributed by atoms with E-state index in [4.69, 9.17) is 4.74 Å². The van der Waals surface area contributed by atoms with Crippen molar-refractivity contribution in [2.75, 3.05) is 24.8 Å². The van der Waals surface area contributed by atoms with Crippen molar-refractivity contribution >= 4 is 17.3 Å². The van der Waals surface area contributed by atoms with E-state index >= 15 is 0 Å². The van der Waals surface area contributed by atoms with Gasteiger partial charge in [0.25, 0.3) is 5.91 Å². The molecule has 20 heavy (non-hydrogen) atoms. The molecule has 0 unspecified atom stereocenters. The van der Waals surface area contributed by atoms with Gasteiger partial charge in [0, 0.05) is 7.05 Å². The van der Waals surface area contributed by atoms with E-state index in [0.717, 1.165) is 11.3 Å². The fraction of sp³-hybridized carbons (Fsp3) is 0.200. The highest BCUT2D eigenvalue weighted by molar-refractivity contribution is 6.03. The van der Waals surface area contributed by atoms with Crippen molar-refractivity contribution in [2.45, 2.75) is 6.92 Å². The second-order valence-electron chi connectivity index (χ2n) is 4.34. The Kier molecular flexibility index (Phi) is 4.20. The standard InChI is InChI=1S/C15H17N3O2/c1-10-4-7-14(20-3)13(8-10)18-15(19)12-6-5-11(16-2)9-17-12/h4-9,16H,1-3H3,(H,18,19). The van der Waals surface area contributed by atoms with E-state index in [-0.39, 0.29) is 5.91 Å². The molecule has 5 nitrogen and oxygen atoms in total. The second-order valence-corrected chi connectivity index (χ2v) is 4.34. The average Bonchev–Trinajstić information content (AvgIpc) is 2.47. The van der Waals surface area contributed by atoms with Crippen molar-refractivity contribution in [3.8, 4) is 5.75 Å². The third kappa shape index (κ3) is 3.06. The number of pyridine rings is 1. The van der Waals surface area contributed by atoms with E-state index in [0.29, 0.717) is 17.1 Å². The molecule has 0 radical (unpaired) electrons. The van der Waals surface area contributed by atoms with Crippen LogP contribution < -0.4 is 15.4 Å². The molecule has 0 atom stereocenters. The molecule has 0 saturated heterocycles. The van der Waals surface area contributed by atoms with E-state index in [1.807, 2.05) is 25.1 Å². The number of methoxy groups -OCH3 is 1. The van der Waals surface area contributed by atoms with Crippen LogP contribution in [0.4, 0.5) is 11.4 Å². The first-order chi connectivity index (χ1) is 9.63. The average molecular weight is 271 g/mol.